The molecular formula is C15H26N2O. The predicted octanol–water partition coefficient (Wildman–Crippen LogP) is 2.77. The molecule has 3 heteroatoms. The standard InChI is InChI=1S/C15H26N2O/c1-12(16-4)15(2,3)11-17(5)13-7-9-14(18-6)10-8-13/h7-10,12,16H,11H2,1-6H3. The lowest BCUT2D eigenvalue weighted by Gasteiger charge is -2.36. The van der Waals surface area contributed by atoms with Crippen molar-refractivity contribution in [3.05, 3.63) is 24.3 Å². The van der Waals surface area contributed by atoms with Gasteiger partial charge < -0.3 is 15.0 Å². The van der Waals surface area contributed by atoms with E-state index in [-0.39, 0.29) is 5.41 Å². The van der Waals surface area contributed by atoms with Crippen LogP contribution in [0.15, 0.2) is 24.3 Å². The van der Waals surface area contributed by atoms with Crippen molar-refractivity contribution in [2.45, 2.75) is 26.8 Å². The molecule has 3 nitrogen and oxygen atoms in total. The fourth-order valence-electron chi connectivity index (χ4n) is 2.07. The molecule has 18 heavy (non-hydrogen) atoms. The van der Waals surface area contributed by atoms with Gasteiger partial charge >= 0.3 is 0 Å². The molecule has 0 saturated carbocycles. The van der Waals surface area contributed by atoms with Gasteiger partial charge in [0, 0.05) is 25.3 Å². The summed E-state index contributed by atoms with van der Waals surface area (Å²) >= 11 is 0. The van der Waals surface area contributed by atoms with E-state index in [2.05, 4.69) is 50.2 Å². The Morgan fingerprint density at radius 2 is 1.83 bits per heavy atom. The Hall–Kier alpha value is -1.22. The molecule has 1 aromatic carbocycles. The number of ether oxygens (including phenoxy) is 1. The number of hydrogen-bond acceptors (Lipinski definition) is 3. The Morgan fingerprint density at radius 3 is 2.28 bits per heavy atom. The number of methoxy groups -OCH3 is 1. The molecule has 1 rings (SSSR count). The lowest BCUT2D eigenvalue weighted by atomic mass is 9.85. The average molecular weight is 250 g/mol. The summed E-state index contributed by atoms with van der Waals surface area (Å²) < 4.78 is 5.18. The zero-order valence-corrected chi connectivity index (χ0v) is 12.4. The molecule has 0 saturated heterocycles. The molecule has 0 spiro atoms. The lowest BCUT2D eigenvalue weighted by molar-refractivity contribution is 0.275. The minimum Gasteiger partial charge on any atom is -0.497 e. The van der Waals surface area contributed by atoms with Crippen LogP contribution in [0, 0.1) is 5.41 Å². The molecule has 0 aliphatic heterocycles. The molecule has 1 unspecified atom stereocenters. The van der Waals surface area contributed by atoms with Crippen LogP contribution in [-0.2, 0) is 0 Å². The summed E-state index contributed by atoms with van der Waals surface area (Å²) in [4.78, 5) is 2.28. The molecule has 0 aliphatic rings. The fraction of sp³-hybridized carbons (Fsp3) is 0.600. The summed E-state index contributed by atoms with van der Waals surface area (Å²) in [6.07, 6.45) is 0. The maximum atomic E-state index is 5.18. The molecule has 0 fully saturated rings. The van der Waals surface area contributed by atoms with Crippen molar-refractivity contribution >= 4 is 5.69 Å². The number of benzene rings is 1. The molecule has 0 heterocycles. The number of nitrogens with zero attached hydrogens (tertiary/aromatic N) is 1. The third-order valence-corrected chi connectivity index (χ3v) is 3.76. The Kier molecular flexibility index (Phi) is 5.03. The van der Waals surface area contributed by atoms with Gasteiger partial charge in [0.1, 0.15) is 5.75 Å². The van der Waals surface area contributed by atoms with Crippen molar-refractivity contribution in [3.63, 3.8) is 0 Å². The van der Waals surface area contributed by atoms with Gasteiger partial charge in [-0.05, 0) is 43.7 Å². The highest BCUT2D eigenvalue weighted by molar-refractivity contribution is 5.48. The van der Waals surface area contributed by atoms with Crippen molar-refractivity contribution in [1.82, 2.24) is 5.32 Å². The van der Waals surface area contributed by atoms with Gasteiger partial charge in [-0.1, -0.05) is 13.8 Å². The molecule has 1 atom stereocenters. The summed E-state index contributed by atoms with van der Waals surface area (Å²) in [5, 5.41) is 3.33. The minimum atomic E-state index is 0.212. The smallest absolute Gasteiger partial charge is 0.119 e. The van der Waals surface area contributed by atoms with Crippen LogP contribution in [0.3, 0.4) is 0 Å². The first-order valence-electron chi connectivity index (χ1n) is 6.43. The van der Waals surface area contributed by atoms with Gasteiger partial charge in [0.25, 0.3) is 0 Å². The van der Waals surface area contributed by atoms with Crippen LogP contribution >= 0.6 is 0 Å². The quantitative estimate of drug-likeness (QED) is 0.840. The van der Waals surface area contributed by atoms with Crippen molar-refractivity contribution in [2.75, 3.05) is 32.6 Å². The highest BCUT2D eigenvalue weighted by atomic mass is 16.5. The molecular weight excluding hydrogens is 224 g/mol. The van der Waals surface area contributed by atoms with E-state index in [1.807, 2.05) is 19.2 Å². The van der Waals surface area contributed by atoms with Crippen LogP contribution in [0.5, 0.6) is 5.75 Å². The van der Waals surface area contributed by atoms with E-state index in [1.54, 1.807) is 7.11 Å². The zero-order chi connectivity index (χ0) is 13.8. The molecule has 1 N–H and O–H groups in total. The second-order valence-electron chi connectivity index (χ2n) is 5.55. The summed E-state index contributed by atoms with van der Waals surface area (Å²) in [5.74, 6) is 0.898. The molecule has 0 aliphatic carbocycles. The molecule has 102 valence electrons. The van der Waals surface area contributed by atoms with Crippen LogP contribution in [0.2, 0.25) is 0 Å². The summed E-state index contributed by atoms with van der Waals surface area (Å²) in [6.45, 7) is 7.80. The average Bonchev–Trinajstić information content (AvgIpc) is 2.37. The summed E-state index contributed by atoms with van der Waals surface area (Å²) in [7, 11) is 5.84. The van der Waals surface area contributed by atoms with Crippen LogP contribution in [0.25, 0.3) is 0 Å². The van der Waals surface area contributed by atoms with Gasteiger partial charge in [0.2, 0.25) is 0 Å². The number of anilines is 1. The topological polar surface area (TPSA) is 24.5 Å². The fourth-order valence-corrected chi connectivity index (χ4v) is 2.07. The van der Waals surface area contributed by atoms with Crippen LogP contribution < -0.4 is 15.0 Å². The normalized spacial score (nSPS) is 13.2. The second kappa shape index (κ2) is 6.10. The van der Waals surface area contributed by atoms with E-state index in [9.17, 15) is 0 Å². The van der Waals surface area contributed by atoms with E-state index >= 15 is 0 Å². The second-order valence-corrected chi connectivity index (χ2v) is 5.55. The van der Waals surface area contributed by atoms with Gasteiger partial charge in [-0.15, -0.1) is 0 Å². The van der Waals surface area contributed by atoms with E-state index < -0.39 is 0 Å². The minimum absolute atomic E-state index is 0.212. The maximum Gasteiger partial charge on any atom is 0.119 e. The first kappa shape index (κ1) is 14.8. The third kappa shape index (κ3) is 3.64. The Bertz CT molecular complexity index is 359. The maximum absolute atomic E-state index is 5.18. The first-order chi connectivity index (χ1) is 8.40. The highest BCUT2D eigenvalue weighted by Crippen LogP contribution is 2.25. The SMILES string of the molecule is CNC(C)C(C)(C)CN(C)c1ccc(OC)cc1. The van der Waals surface area contributed by atoms with E-state index in [0.717, 1.165) is 12.3 Å². The van der Waals surface area contributed by atoms with E-state index in [4.69, 9.17) is 4.74 Å². The lowest BCUT2D eigenvalue weighted by Crippen LogP contribution is -2.44. The molecule has 0 radical (unpaired) electrons. The molecule has 1 aromatic rings. The van der Waals surface area contributed by atoms with Gasteiger partial charge in [-0.3, -0.25) is 0 Å². The van der Waals surface area contributed by atoms with Crippen LogP contribution in [0.4, 0.5) is 5.69 Å². The van der Waals surface area contributed by atoms with Crippen LogP contribution in [0.1, 0.15) is 20.8 Å². The summed E-state index contributed by atoms with van der Waals surface area (Å²) in [5.41, 5.74) is 1.43. The van der Waals surface area contributed by atoms with Crippen molar-refractivity contribution < 1.29 is 4.74 Å². The van der Waals surface area contributed by atoms with Gasteiger partial charge in [-0.25, -0.2) is 0 Å². The van der Waals surface area contributed by atoms with Crippen molar-refractivity contribution in [3.8, 4) is 5.75 Å². The largest absolute Gasteiger partial charge is 0.497 e. The van der Waals surface area contributed by atoms with Crippen molar-refractivity contribution in [1.29, 1.82) is 0 Å². The Balaban J connectivity index is 2.72. The van der Waals surface area contributed by atoms with Crippen molar-refractivity contribution in [2.24, 2.45) is 5.41 Å². The number of nitrogens with one attached hydrogen (secondary N) is 1. The van der Waals surface area contributed by atoms with E-state index in [0.29, 0.717) is 6.04 Å². The third-order valence-electron chi connectivity index (χ3n) is 3.76. The number of hydrogen-bond donors (Lipinski definition) is 1. The molecule has 0 bridgehead atoms. The molecule has 0 aromatic heterocycles. The van der Waals surface area contributed by atoms with Gasteiger partial charge in [0.05, 0.1) is 7.11 Å². The summed E-state index contributed by atoms with van der Waals surface area (Å²) in [6, 6.07) is 8.66. The Labute approximate surface area is 111 Å². The first-order valence-corrected chi connectivity index (χ1v) is 6.43. The predicted molar refractivity (Wildman–Crippen MR) is 78.6 cm³/mol. The molecule has 0 amide bonds. The highest BCUT2D eigenvalue weighted by Gasteiger charge is 2.26. The zero-order valence-electron chi connectivity index (χ0n) is 12.4. The number of rotatable bonds is 6. The van der Waals surface area contributed by atoms with Gasteiger partial charge in [0.15, 0.2) is 0 Å². The monoisotopic (exact) mass is 250 g/mol. The van der Waals surface area contributed by atoms with Gasteiger partial charge in [-0.2, -0.15) is 0 Å². The van der Waals surface area contributed by atoms with Crippen LogP contribution in [-0.4, -0.2) is 33.8 Å². The Morgan fingerprint density at radius 1 is 1.28 bits per heavy atom. The van der Waals surface area contributed by atoms with E-state index in [1.165, 1.54) is 5.69 Å².